The van der Waals surface area contributed by atoms with E-state index in [1.54, 1.807) is 7.11 Å². The highest BCUT2D eigenvalue weighted by Gasteiger charge is 2.40. The van der Waals surface area contributed by atoms with Crippen molar-refractivity contribution >= 4 is 5.91 Å². The van der Waals surface area contributed by atoms with Crippen LogP contribution in [-0.2, 0) is 9.53 Å². The van der Waals surface area contributed by atoms with Gasteiger partial charge in [0.1, 0.15) is 0 Å². The molecule has 0 bridgehead atoms. The first-order valence-corrected chi connectivity index (χ1v) is 8.72. The van der Waals surface area contributed by atoms with Gasteiger partial charge in [0, 0.05) is 13.2 Å². The summed E-state index contributed by atoms with van der Waals surface area (Å²) in [5.41, 5.74) is -0.317. The van der Waals surface area contributed by atoms with Gasteiger partial charge in [0.15, 0.2) is 0 Å². The zero-order chi connectivity index (χ0) is 15.1. The maximum absolute atomic E-state index is 12.9. The Hall–Kier alpha value is -0.610. The molecule has 1 aliphatic carbocycles. The molecule has 122 valence electrons. The van der Waals surface area contributed by atoms with E-state index in [-0.39, 0.29) is 11.3 Å². The molecule has 0 aromatic carbocycles. The number of hydrogen-bond donors (Lipinski definition) is 2. The lowest BCUT2D eigenvalue weighted by Crippen LogP contribution is -2.53. The number of methoxy groups -OCH3 is 1. The van der Waals surface area contributed by atoms with Gasteiger partial charge in [-0.3, -0.25) is 4.79 Å². The minimum Gasteiger partial charge on any atom is -0.384 e. The van der Waals surface area contributed by atoms with E-state index < -0.39 is 0 Å². The van der Waals surface area contributed by atoms with Crippen LogP contribution in [0.2, 0.25) is 0 Å². The highest BCUT2D eigenvalue weighted by Crippen LogP contribution is 2.32. The third-order valence-electron chi connectivity index (χ3n) is 5.44. The molecule has 0 aromatic heterocycles. The predicted octanol–water partition coefficient (Wildman–Crippen LogP) is 2.48. The summed E-state index contributed by atoms with van der Waals surface area (Å²) >= 11 is 0. The maximum atomic E-state index is 12.9. The molecule has 2 N–H and O–H groups in total. The Balaban J connectivity index is 1.98. The van der Waals surface area contributed by atoms with E-state index in [4.69, 9.17) is 4.74 Å². The fourth-order valence-corrected chi connectivity index (χ4v) is 4.03. The average molecular weight is 296 g/mol. The van der Waals surface area contributed by atoms with E-state index in [1.807, 2.05) is 0 Å². The number of amides is 1. The Kier molecular flexibility index (Phi) is 6.49. The number of carbonyl (C=O) groups is 1. The molecule has 1 heterocycles. The minimum atomic E-state index is -0.317. The number of hydrogen-bond acceptors (Lipinski definition) is 3. The summed E-state index contributed by atoms with van der Waals surface area (Å²) in [4.78, 5) is 12.9. The number of rotatable bonds is 6. The van der Waals surface area contributed by atoms with Crippen molar-refractivity contribution in [2.75, 3.05) is 26.8 Å². The smallest absolute Gasteiger partial charge is 0.228 e. The zero-order valence-corrected chi connectivity index (χ0v) is 13.7. The highest BCUT2D eigenvalue weighted by molar-refractivity contribution is 5.83. The lowest BCUT2D eigenvalue weighted by Gasteiger charge is -2.38. The molecule has 1 saturated heterocycles. The average Bonchev–Trinajstić information content (AvgIpc) is 2.54. The zero-order valence-electron chi connectivity index (χ0n) is 13.7. The van der Waals surface area contributed by atoms with Crippen molar-refractivity contribution < 1.29 is 9.53 Å². The first-order chi connectivity index (χ1) is 10.2. The second kappa shape index (κ2) is 8.14. The van der Waals surface area contributed by atoms with Crippen molar-refractivity contribution in [2.24, 2.45) is 11.3 Å². The van der Waals surface area contributed by atoms with Gasteiger partial charge in [0.2, 0.25) is 5.91 Å². The van der Waals surface area contributed by atoms with Crippen molar-refractivity contribution in [3.63, 3.8) is 0 Å². The molecule has 2 fully saturated rings. The van der Waals surface area contributed by atoms with Crippen LogP contribution in [0.5, 0.6) is 0 Å². The minimum absolute atomic E-state index is 0.225. The monoisotopic (exact) mass is 296 g/mol. The van der Waals surface area contributed by atoms with E-state index in [9.17, 15) is 4.79 Å². The summed E-state index contributed by atoms with van der Waals surface area (Å²) in [6.45, 7) is 4.57. The Morgan fingerprint density at radius 3 is 2.52 bits per heavy atom. The van der Waals surface area contributed by atoms with Gasteiger partial charge < -0.3 is 15.4 Å². The molecule has 1 amide bonds. The second-order valence-corrected chi connectivity index (χ2v) is 6.85. The Morgan fingerprint density at radius 2 is 1.95 bits per heavy atom. The highest BCUT2D eigenvalue weighted by atomic mass is 16.5. The number of ether oxygens (including phenoxy) is 1. The van der Waals surface area contributed by atoms with Crippen LogP contribution >= 0.6 is 0 Å². The lowest BCUT2D eigenvalue weighted by atomic mass is 9.77. The topological polar surface area (TPSA) is 50.4 Å². The van der Waals surface area contributed by atoms with E-state index in [1.165, 1.54) is 32.1 Å². The van der Waals surface area contributed by atoms with E-state index in [2.05, 4.69) is 17.6 Å². The van der Waals surface area contributed by atoms with Gasteiger partial charge in [-0.05, 0) is 51.1 Å². The molecule has 2 rings (SSSR count). The third kappa shape index (κ3) is 4.19. The van der Waals surface area contributed by atoms with E-state index in [0.717, 1.165) is 32.4 Å². The molecular weight excluding hydrogens is 264 g/mol. The van der Waals surface area contributed by atoms with Gasteiger partial charge in [-0.1, -0.05) is 26.2 Å². The van der Waals surface area contributed by atoms with Gasteiger partial charge in [-0.15, -0.1) is 0 Å². The van der Waals surface area contributed by atoms with Crippen molar-refractivity contribution in [3.05, 3.63) is 0 Å². The molecule has 0 aromatic rings. The summed E-state index contributed by atoms with van der Waals surface area (Å²) in [5, 5.41) is 6.73. The molecule has 4 heteroatoms. The molecule has 1 atom stereocenters. The molecule has 4 nitrogen and oxygen atoms in total. The van der Waals surface area contributed by atoms with Crippen LogP contribution in [0.25, 0.3) is 0 Å². The molecule has 1 saturated carbocycles. The number of piperidine rings is 1. The first kappa shape index (κ1) is 16.8. The molecule has 1 unspecified atom stereocenters. The van der Waals surface area contributed by atoms with Crippen LogP contribution < -0.4 is 10.6 Å². The molecule has 1 aliphatic heterocycles. The van der Waals surface area contributed by atoms with Gasteiger partial charge in [-0.2, -0.15) is 0 Å². The fraction of sp³-hybridized carbons (Fsp3) is 0.941. The van der Waals surface area contributed by atoms with Crippen LogP contribution in [-0.4, -0.2) is 38.8 Å². The van der Waals surface area contributed by atoms with Crippen LogP contribution in [0, 0.1) is 11.3 Å². The van der Waals surface area contributed by atoms with Crippen LogP contribution in [0.4, 0.5) is 0 Å². The largest absolute Gasteiger partial charge is 0.384 e. The second-order valence-electron chi connectivity index (χ2n) is 6.85. The Labute approximate surface area is 129 Å². The number of carbonyl (C=O) groups excluding carboxylic acids is 1. The van der Waals surface area contributed by atoms with Crippen LogP contribution in [0.3, 0.4) is 0 Å². The Morgan fingerprint density at radius 1 is 1.29 bits per heavy atom. The summed E-state index contributed by atoms with van der Waals surface area (Å²) < 4.78 is 5.38. The van der Waals surface area contributed by atoms with E-state index >= 15 is 0 Å². The SMILES string of the molecule is CCC(NC(=O)C1(COC)CCNCC1)C1CCCCC1. The summed E-state index contributed by atoms with van der Waals surface area (Å²) in [6.07, 6.45) is 9.36. The number of nitrogens with one attached hydrogen (secondary N) is 2. The molecule has 2 aliphatic rings. The lowest BCUT2D eigenvalue weighted by molar-refractivity contribution is -0.137. The fourth-order valence-electron chi connectivity index (χ4n) is 4.03. The summed E-state index contributed by atoms with van der Waals surface area (Å²) in [5.74, 6) is 0.900. The van der Waals surface area contributed by atoms with Gasteiger partial charge in [0.05, 0.1) is 12.0 Å². The molecule has 0 radical (unpaired) electrons. The van der Waals surface area contributed by atoms with Gasteiger partial charge in [0.25, 0.3) is 0 Å². The molecular formula is C17H32N2O2. The van der Waals surface area contributed by atoms with Crippen molar-refractivity contribution in [1.29, 1.82) is 0 Å². The molecule has 21 heavy (non-hydrogen) atoms. The maximum Gasteiger partial charge on any atom is 0.228 e. The van der Waals surface area contributed by atoms with Crippen molar-refractivity contribution in [1.82, 2.24) is 10.6 Å². The standard InChI is InChI=1S/C17H32N2O2/c1-3-15(14-7-5-4-6-8-14)19-16(20)17(13-21-2)9-11-18-12-10-17/h14-15,18H,3-13H2,1-2H3,(H,19,20). The summed E-state index contributed by atoms with van der Waals surface area (Å²) in [7, 11) is 1.70. The van der Waals surface area contributed by atoms with Gasteiger partial charge in [-0.25, -0.2) is 0 Å². The Bertz CT molecular complexity index is 315. The van der Waals surface area contributed by atoms with Crippen molar-refractivity contribution in [3.8, 4) is 0 Å². The normalized spacial score (nSPS) is 24.5. The third-order valence-corrected chi connectivity index (χ3v) is 5.44. The van der Waals surface area contributed by atoms with Crippen LogP contribution in [0.15, 0.2) is 0 Å². The van der Waals surface area contributed by atoms with Crippen LogP contribution in [0.1, 0.15) is 58.3 Å². The van der Waals surface area contributed by atoms with Crippen molar-refractivity contribution in [2.45, 2.75) is 64.3 Å². The van der Waals surface area contributed by atoms with E-state index in [0.29, 0.717) is 18.6 Å². The summed E-state index contributed by atoms with van der Waals surface area (Å²) in [6, 6.07) is 0.349. The quantitative estimate of drug-likeness (QED) is 0.792. The van der Waals surface area contributed by atoms with Gasteiger partial charge >= 0.3 is 0 Å². The first-order valence-electron chi connectivity index (χ1n) is 8.72. The predicted molar refractivity (Wildman–Crippen MR) is 85.2 cm³/mol. The molecule has 0 spiro atoms.